The van der Waals surface area contributed by atoms with Gasteiger partial charge in [0, 0.05) is 30.4 Å². The van der Waals surface area contributed by atoms with Gasteiger partial charge in [-0.3, -0.25) is 14.9 Å². The number of nitro benzene ring substituents is 1. The van der Waals surface area contributed by atoms with E-state index < -0.39 is 4.92 Å². The fourth-order valence-electron chi connectivity index (χ4n) is 2.64. The topological polar surface area (TPSA) is 103 Å². The highest BCUT2D eigenvalue weighted by Gasteiger charge is 2.15. The van der Waals surface area contributed by atoms with Crippen LogP contribution >= 0.6 is 11.8 Å². The van der Waals surface area contributed by atoms with Crippen molar-refractivity contribution in [1.29, 1.82) is 0 Å². The van der Waals surface area contributed by atoms with Crippen LogP contribution in [-0.2, 0) is 11.8 Å². The van der Waals surface area contributed by atoms with Crippen molar-refractivity contribution in [2.45, 2.75) is 19.0 Å². The largest absolute Gasteiger partial charge is 0.325 e. The number of amides is 1. The summed E-state index contributed by atoms with van der Waals surface area (Å²) in [6, 6.07) is 12.1. The average molecular weight is 397 g/mol. The number of hydrogen-bond donors (Lipinski definition) is 1. The molecular weight excluding hydrogens is 378 g/mol. The molecule has 1 heterocycles. The predicted octanol–water partition coefficient (Wildman–Crippen LogP) is 3.74. The average Bonchev–Trinajstić information content (AvgIpc) is 3.03. The van der Waals surface area contributed by atoms with Crippen molar-refractivity contribution >= 4 is 29.0 Å². The molecule has 1 amide bonds. The number of aromatic nitrogens is 3. The fraction of sp³-hybridized carbons (Fsp3) is 0.211. The number of thioether (sulfide) groups is 1. The Bertz CT molecular complexity index is 1050. The third-order valence-corrected chi connectivity index (χ3v) is 5.17. The number of aryl methyl sites for hydroxylation is 2. The maximum atomic E-state index is 12.3. The molecule has 144 valence electrons. The van der Waals surface area contributed by atoms with E-state index in [1.165, 1.54) is 23.9 Å². The minimum absolute atomic E-state index is 0.0115. The van der Waals surface area contributed by atoms with Gasteiger partial charge in [0.2, 0.25) is 5.91 Å². The van der Waals surface area contributed by atoms with Gasteiger partial charge in [0.15, 0.2) is 11.0 Å². The molecule has 1 N–H and O–H groups in total. The number of non-ortho nitro benzene ring substituents is 1. The van der Waals surface area contributed by atoms with E-state index in [4.69, 9.17) is 0 Å². The number of nitrogens with zero attached hydrogens (tertiary/aromatic N) is 4. The molecular formula is C19H19N5O3S. The molecule has 1 aromatic heterocycles. The number of rotatable bonds is 6. The van der Waals surface area contributed by atoms with E-state index in [0.29, 0.717) is 16.5 Å². The van der Waals surface area contributed by atoms with Crippen LogP contribution in [0.3, 0.4) is 0 Å². The summed E-state index contributed by atoms with van der Waals surface area (Å²) in [5.41, 5.74) is 3.44. The van der Waals surface area contributed by atoms with E-state index in [2.05, 4.69) is 15.5 Å². The van der Waals surface area contributed by atoms with Gasteiger partial charge in [-0.1, -0.05) is 36.0 Å². The van der Waals surface area contributed by atoms with Gasteiger partial charge in [-0.05, 0) is 31.0 Å². The molecule has 0 aliphatic heterocycles. The second-order valence-electron chi connectivity index (χ2n) is 6.33. The highest BCUT2D eigenvalue weighted by atomic mass is 32.2. The van der Waals surface area contributed by atoms with Crippen LogP contribution in [0.2, 0.25) is 0 Å². The van der Waals surface area contributed by atoms with Crippen LogP contribution in [-0.4, -0.2) is 31.3 Å². The van der Waals surface area contributed by atoms with Crippen molar-refractivity contribution in [3.63, 3.8) is 0 Å². The molecule has 0 atom stereocenters. The lowest BCUT2D eigenvalue weighted by molar-refractivity contribution is -0.384. The third-order valence-electron chi connectivity index (χ3n) is 4.15. The van der Waals surface area contributed by atoms with E-state index in [-0.39, 0.29) is 17.3 Å². The summed E-state index contributed by atoms with van der Waals surface area (Å²) < 4.78 is 1.72. The van der Waals surface area contributed by atoms with Gasteiger partial charge >= 0.3 is 0 Å². The molecule has 3 rings (SSSR count). The Balaban J connectivity index is 1.69. The van der Waals surface area contributed by atoms with Gasteiger partial charge in [0.25, 0.3) is 5.69 Å². The zero-order valence-electron chi connectivity index (χ0n) is 15.7. The van der Waals surface area contributed by atoms with Crippen molar-refractivity contribution in [1.82, 2.24) is 14.8 Å². The second-order valence-corrected chi connectivity index (χ2v) is 7.27. The lowest BCUT2D eigenvalue weighted by atomic mass is 10.1. The van der Waals surface area contributed by atoms with Crippen molar-refractivity contribution in [2.24, 2.45) is 7.05 Å². The van der Waals surface area contributed by atoms with Gasteiger partial charge in [0.1, 0.15) is 0 Å². The van der Waals surface area contributed by atoms with E-state index in [1.807, 2.05) is 32.0 Å². The number of anilines is 1. The summed E-state index contributed by atoms with van der Waals surface area (Å²) >= 11 is 1.25. The lowest BCUT2D eigenvalue weighted by Crippen LogP contribution is -2.15. The quantitative estimate of drug-likeness (QED) is 0.386. The Morgan fingerprint density at radius 1 is 1.21 bits per heavy atom. The Morgan fingerprint density at radius 2 is 2.00 bits per heavy atom. The molecule has 9 heteroatoms. The van der Waals surface area contributed by atoms with Gasteiger partial charge in [-0.2, -0.15) is 0 Å². The summed E-state index contributed by atoms with van der Waals surface area (Å²) in [5.74, 6) is 0.536. The molecule has 0 spiro atoms. The SMILES string of the molecule is Cc1ccc(C)c(NC(=O)CSc2nnc(-c3cccc([N+](=O)[O-])c3)n2C)c1. The molecule has 0 radical (unpaired) electrons. The Morgan fingerprint density at radius 3 is 2.75 bits per heavy atom. The first kappa shape index (κ1) is 19.6. The molecule has 0 unspecified atom stereocenters. The molecule has 0 fully saturated rings. The van der Waals surface area contributed by atoms with Gasteiger partial charge in [-0.25, -0.2) is 0 Å². The molecule has 0 aliphatic rings. The Hall–Kier alpha value is -3.20. The number of nitrogens with one attached hydrogen (secondary N) is 1. The van der Waals surface area contributed by atoms with Crippen molar-refractivity contribution in [3.05, 3.63) is 63.7 Å². The monoisotopic (exact) mass is 397 g/mol. The minimum Gasteiger partial charge on any atom is -0.325 e. The first-order chi connectivity index (χ1) is 13.3. The van der Waals surface area contributed by atoms with E-state index >= 15 is 0 Å². The summed E-state index contributed by atoms with van der Waals surface area (Å²) in [6.45, 7) is 3.91. The van der Waals surface area contributed by atoms with E-state index in [1.54, 1.807) is 23.7 Å². The van der Waals surface area contributed by atoms with Crippen molar-refractivity contribution < 1.29 is 9.72 Å². The normalized spacial score (nSPS) is 10.7. The number of benzene rings is 2. The summed E-state index contributed by atoms with van der Waals surface area (Å²) in [6.07, 6.45) is 0. The highest BCUT2D eigenvalue weighted by molar-refractivity contribution is 7.99. The van der Waals surface area contributed by atoms with Crippen LogP contribution in [0, 0.1) is 24.0 Å². The Kier molecular flexibility index (Phi) is 5.74. The first-order valence-corrected chi connectivity index (χ1v) is 9.48. The maximum Gasteiger partial charge on any atom is 0.270 e. The minimum atomic E-state index is -0.451. The van der Waals surface area contributed by atoms with Crippen LogP contribution in [0.4, 0.5) is 11.4 Å². The van der Waals surface area contributed by atoms with E-state index in [0.717, 1.165) is 16.8 Å². The van der Waals surface area contributed by atoms with Crippen LogP contribution in [0.15, 0.2) is 47.6 Å². The van der Waals surface area contributed by atoms with E-state index in [9.17, 15) is 14.9 Å². The van der Waals surface area contributed by atoms with Crippen LogP contribution in [0.5, 0.6) is 0 Å². The van der Waals surface area contributed by atoms with Crippen molar-refractivity contribution in [2.75, 3.05) is 11.1 Å². The fourth-order valence-corrected chi connectivity index (χ4v) is 3.35. The molecule has 0 aliphatic carbocycles. The summed E-state index contributed by atoms with van der Waals surface area (Å²) in [4.78, 5) is 22.8. The summed E-state index contributed by atoms with van der Waals surface area (Å²) in [5, 5.41) is 22.6. The van der Waals surface area contributed by atoms with Crippen LogP contribution < -0.4 is 5.32 Å². The number of nitro groups is 1. The number of carbonyl (C=O) groups excluding carboxylic acids is 1. The smallest absolute Gasteiger partial charge is 0.270 e. The third kappa shape index (κ3) is 4.37. The van der Waals surface area contributed by atoms with Gasteiger partial charge in [0.05, 0.1) is 10.7 Å². The Labute approximate surface area is 166 Å². The summed E-state index contributed by atoms with van der Waals surface area (Å²) in [7, 11) is 1.76. The molecule has 0 saturated heterocycles. The first-order valence-electron chi connectivity index (χ1n) is 8.49. The molecule has 3 aromatic rings. The highest BCUT2D eigenvalue weighted by Crippen LogP contribution is 2.25. The zero-order valence-corrected chi connectivity index (χ0v) is 16.5. The predicted molar refractivity (Wildman–Crippen MR) is 108 cm³/mol. The number of carbonyl (C=O) groups is 1. The van der Waals surface area contributed by atoms with Crippen molar-refractivity contribution in [3.8, 4) is 11.4 Å². The maximum absolute atomic E-state index is 12.3. The van der Waals surface area contributed by atoms with Gasteiger partial charge in [-0.15, -0.1) is 10.2 Å². The van der Waals surface area contributed by atoms with Crippen LogP contribution in [0.25, 0.3) is 11.4 Å². The molecule has 28 heavy (non-hydrogen) atoms. The van der Waals surface area contributed by atoms with Gasteiger partial charge < -0.3 is 9.88 Å². The molecule has 8 nitrogen and oxygen atoms in total. The molecule has 0 saturated carbocycles. The number of hydrogen-bond acceptors (Lipinski definition) is 6. The second kappa shape index (κ2) is 8.22. The molecule has 2 aromatic carbocycles. The molecule has 0 bridgehead atoms. The van der Waals surface area contributed by atoms with Crippen LogP contribution in [0.1, 0.15) is 11.1 Å². The standard InChI is InChI=1S/C19H19N5O3S/c1-12-7-8-13(2)16(9-12)20-17(25)11-28-19-22-21-18(23(19)3)14-5-4-6-15(10-14)24(26)27/h4-10H,11H2,1-3H3,(H,20,25). The lowest BCUT2D eigenvalue weighted by Gasteiger charge is -2.09. The zero-order chi connectivity index (χ0) is 20.3.